The summed E-state index contributed by atoms with van der Waals surface area (Å²) in [5, 5.41) is 15.8. The molecule has 0 fully saturated rings. The molecule has 0 radical (unpaired) electrons. The first-order valence-corrected chi connectivity index (χ1v) is 7.38. The minimum Gasteiger partial charge on any atom is -0.340 e. The minimum absolute atomic E-state index is 0.457. The van der Waals surface area contributed by atoms with Crippen LogP contribution in [0.3, 0.4) is 0 Å². The molecule has 0 saturated carbocycles. The van der Waals surface area contributed by atoms with Crippen molar-refractivity contribution in [2.45, 2.75) is 13.8 Å². The van der Waals surface area contributed by atoms with Crippen molar-refractivity contribution in [2.24, 2.45) is 0 Å². The lowest BCUT2D eigenvalue weighted by Crippen LogP contribution is -2.09. The molecule has 1 heterocycles. The molecule has 122 valence electrons. The second kappa shape index (κ2) is 8.96. The molecular formula is C20H22N4. The third-order valence-electron chi connectivity index (χ3n) is 3.43. The van der Waals surface area contributed by atoms with E-state index in [0.717, 1.165) is 16.8 Å². The number of aromatic nitrogens is 1. The Labute approximate surface area is 143 Å². The average Bonchev–Trinajstić information content (AvgIpc) is 2.58. The van der Waals surface area contributed by atoms with Gasteiger partial charge in [0.15, 0.2) is 5.82 Å². The van der Waals surface area contributed by atoms with Gasteiger partial charge >= 0.3 is 0 Å². The highest BCUT2D eigenvalue weighted by Gasteiger charge is 2.15. The maximum Gasteiger partial charge on any atom is 0.151 e. The van der Waals surface area contributed by atoms with E-state index < -0.39 is 0 Å². The summed E-state index contributed by atoms with van der Waals surface area (Å²) in [5.41, 5.74) is 3.70. The maximum atomic E-state index is 9.49. The molecule has 1 rings (SSSR count). The maximum absolute atomic E-state index is 9.49. The lowest BCUT2D eigenvalue weighted by molar-refractivity contribution is 1.17. The smallest absolute Gasteiger partial charge is 0.151 e. The highest BCUT2D eigenvalue weighted by molar-refractivity contribution is 5.68. The zero-order valence-electron chi connectivity index (χ0n) is 14.2. The molecule has 1 aromatic heterocycles. The molecule has 0 atom stereocenters. The van der Waals surface area contributed by atoms with Gasteiger partial charge in [0, 0.05) is 11.4 Å². The number of nitriles is 1. The Hall–Kier alpha value is -3.32. The summed E-state index contributed by atoms with van der Waals surface area (Å²) in [6, 6.07) is 2.20. The molecule has 4 nitrogen and oxygen atoms in total. The van der Waals surface area contributed by atoms with Crippen molar-refractivity contribution in [3.8, 4) is 6.07 Å². The van der Waals surface area contributed by atoms with Crippen LogP contribution >= 0.6 is 0 Å². The minimum atomic E-state index is 0.457. The van der Waals surface area contributed by atoms with Crippen LogP contribution in [0, 0.1) is 25.2 Å². The molecule has 4 heteroatoms. The van der Waals surface area contributed by atoms with Crippen LogP contribution in [0.4, 0.5) is 11.6 Å². The molecule has 0 aliphatic heterocycles. The Morgan fingerprint density at radius 3 is 1.83 bits per heavy atom. The summed E-state index contributed by atoms with van der Waals surface area (Å²) >= 11 is 0. The standard InChI is InChI=1S/C20H22N4/c1-7-11-16(9-3)22-19-15(6)14(5)18(13-21)20(24-19)23-17(10-4)12-8-2/h7-12H,1-4H2,5-6H3,(H2,22,23,24)/b16-11+,17-12+. The van der Waals surface area contributed by atoms with Gasteiger partial charge in [0.25, 0.3) is 0 Å². The van der Waals surface area contributed by atoms with Gasteiger partial charge in [-0.1, -0.05) is 38.5 Å². The molecule has 0 saturated heterocycles. The van der Waals surface area contributed by atoms with E-state index in [-0.39, 0.29) is 0 Å². The number of hydrogen-bond acceptors (Lipinski definition) is 4. The van der Waals surface area contributed by atoms with Crippen molar-refractivity contribution in [1.82, 2.24) is 4.98 Å². The first-order chi connectivity index (χ1) is 11.5. The molecule has 2 N–H and O–H groups in total. The van der Waals surface area contributed by atoms with Crippen molar-refractivity contribution >= 4 is 11.6 Å². The fraction of sp³-hybridized carbons (Fsp3) is 0.100. The zero-order chi connectivity index (χ0) is 18.1. The van der Waals surface area contributed by atoms with E-state index in [1.54, 1.807) is 36.5 Å². The lowest BCUT2D eigenvalue weighted by Gasteiger charge is -2.16. The third-order valence-corrected chi connectivity index (χ3v) is 3.43. The molecule has 0 aromatic carbocycles. The van der Waals surface area contributed by atoms with Gasteiger partial charge in [0.1, 0.15) is 11.9 Å². The van der Waals surface area contributed by atoms with Gasteiger partial charge in [0.05, 0.1) is 5.56 Å². The van der Waals surface area contributed by atoms with E-state index in [1.807, 2.05) is 13.8 Å². The monoisotopic (exact) mass is 318 g/mol. The molecule has 0 amide bonds. The van der Waals surface area contributed by atoms with Crippen LogP contribution < -0.4 is 10.6 Å². The highest BCUT2D eigenvalue weighted by Crippen LogP contribution is 2.27. The average molecular weight is 318 g/mol. The SMILES string of the molecule is C=C/C=C(\C=C)Nc1nc(N/C(C=C)=C/C=C)c(C#N)c(C)c1C. The molecule has 24 heavy (non-hydrogen) atoms. The van der Waals surface area contributed by atoms with E-state index in [9.17, 15) is 5.26 Å². The molecule has 0 unspecified atom stereocenters. The van der Waals surface area contributed by atoms with Crippen LogP contribution in [-0.4, -0.2) is 4.98 Å². The summed E-state index contributed by atoms with van der Waals surface area (Å²) in [5.74, 6) is 1.10. The van der Waals surface area contributed by atoms with Crippen molar-refractivity contribution in [1.29, 1.82) is 5.26 Å². The van der Waals surface area contributed by atoms with E-state index in [0.29, 0.717) is 22.9 Å². The van der Waals surface area contributed by atoms with Gasteiger partial charge in [-0.3, -0.25) is 0 Å². The Morgan fingerprint density at radius 2 is 1.42 bits per heavy atom. The lowest BCUT2D eigenvalue weighted by atomic mass is 10.1. The van der Waals surface area contributed by atoms with Crippen LogP contribution in [0.2, 0.25) is 0 Å². The molecule has 0 bridgehead atoms. The van der Waals surface area contributed by atoms with E-state index in [1.165, 1.54) is 0 Å². The van der Waals surface area contributed by atoms with Crippen molar-refractivity contribution in [2.75, 3.05) is 10.6 Å². The van der Waals surface area contributed by atoms with E-state index in [4.69, 9.17) is 0 Å². The Kier molecular flexibility index (Phi) is 6.99. The van der Waals surface area contributed by atoms with E-state index in [2.05, 4.69) is 48.0 Å². The van der Waals surface area contributed by atoms with Gasteiger partial charge < -0.3 is 10.6 Å². The summed E-state index contributed by atoms with van der Waals surface area (Å²) in [6.45, 7) is 18.6. The number of allylic oxidation sites excluding steroid dienone is 6. The summed E-state index contributed by atoms with van der Waals surface area (Å²) in [6.07, 6.45) is 10.2. The van der Waals surface area contributed by atoms with Crippen LogP contribution in [0.5, 0.6) is 0 Å². The zero-order valence-corrected chi connectivity index (χ0v) is 14.2. The van der Waals surface area contributed by atoms with Crippen LogP contribution in [0.1, 0.15) is 16.7 Å². The topological polar surface area (TPSA) is 60.7 Å². The van der Waals surface area contributed by atoms with Crippen LogP contribution in [-0.2, 0) is 0 Å². The molecule has 0 aliphatic rings. The molecule has 0 spiro atoms. The Bertz CT molecular complexity index is 774. The number of nitrogens with zero attached hydrogens (tertiary/aromatic N) is 2. The quantitative estimate of drug-likeness (QED) is 0.669. The Morgan fingerprint density at radius 1 is 0.917 bits per heavy atom. The molecule has 1 aromatic rings. The molecule has 0 aliphatic carbocycles. The number of anilines is 2. The van der Waals surface area contributed by atoms with E-state index >= 15 is 0 Å². The van der Waals surface area contributed by atoms with Crippen molar-refractivity contribution in [3.63, 3.8) is 0 Å². The van der Waals surface area contributed by atoms with Gasteiger partial charge in [-0.2, -0.15) is 5.26 Å². The van der Waals surface area contributed by atoms with Crippen molar-refractivity contribution in [3.05, 3.63) is 90.9 Å². The van der Waals surface area contributed by atoms with Crippen LogP contribution in [0.15, 0.2) is 74.2 Å². The highest BCUT2D eigenvalue weighted by atomic mass is 15.1. The number of hydrogen-bond donors (Lipinski definition) is 2. The number of pyridine rings is 1. The van der Waals surface area contributed by atoms with Gasteiger partial charge in [-0.15, -0.1) is 0 Å². The number of rotatable bonds is 8. The third kappa shape index (κ3) is 4.34. The molecular weight excluding hydrogens is 296 g/mol. The van der Waals surface area contributed by atoms with Crippen molar-refractivity contribution < 1.29 is 0 Å². The predicted molar refractivity (Wildman–Crippen MR) is 103 cm³/mol. The summed E-state index contributed by atoms with van der Waals surface area (Å²) in [7, 11) is 0. The fourth-order valence-corrected chi connectivity index (χ4v) is 1.99. The summed E-state index contributed by atoms with van der Waals surface area (Å²) < 4.78 is 0. The first kappa shape index (κ1) is 18.7. The largest absolute Gasteiger partial charge is 0.340 e. The summed E-state index contributed by atoms with van der Waals surface area (Å²) in [4.78, 5) is 4.55. The second-order valence-electron chi connectivity index (χ2n) is 4.92. The predicted octanol–water partition coefficient (Wildman–Crippen LogP) is 4.91. The fourth-order valence-electron chi connectivity index (χ4n) is 1.99. The van der Waals surface area contributed by atoms with Gasteiger partial charge in [0.2, 0.25) is 0 Å². The normalized spacial score (nSPS) is 11.2. The second-order valence-corrected chi connectivity index (χ2v) is 4.92. The van der Waals surface area contributed by atoms with Gasteiger partial charge in [-0.25, -0.2) is 4.98 Å². The van der Waals surface area contributed by atoms with Gasteiger partial charge in [-0.05, 0) is 49.3 Å². The first-order valence-electron chi connectivity index (χ1n) is 7.38. The Balaban J connectivity index is 3.46. The van der Waals surface area contributed by atoms with Crippen LogP contribution in [0.25, 0.3) is 0 Å². The number of nitrogens with one attached hydrogen (secondary N) is 2.